The number of carboxylic acid groups (broad SMARTS) is 1. The Bertz CT molecular complexity index is 842. The van der Waals surface area contributed by atoms with E-state index in [0.717, 1.165) is 5.56 Å². The van der Waals surface area contributed by atoms with Crippen LogP contribution in [0.15, 0.2) is 48.5 Å². The summed E-state index contributed by atoms with van der Waals surface area (Å²) in [7, 11) is 0. The average Bonchev–Trinajstić information content (AvgIpc) is 3.11. The summed E-state index contributed by atoms with van der Waals surface area (Å²) in [5, 5.41) is 25.1. The molecule has 3 N–H and O–H groups in total. The normalized spacial score (nSPS) is 10.3. The molecule has 3 aromatic rings. The monoisotopic (exact) mass is 323 g/mol. The lowest BCUT2D eigenvalue weighted by Gasteiger charge is -2.06. The van der Waals surface area contributed by atoms with Crippen LogP contribution in [0.3, 0.4) is 0 Å². The van der Waals surface area contributed by atoms with Gasteiger partial charge < -0.3 is 10.4 Å². The second-order valence-electron chi connectivity index (χ2n) is 5.03. The minimum absolute atomic E-state index is 0.0498. The van der Waals surface area contributed by atoms with E-state index in [9.17, 15) is 9.59 Å². The Labute approximate surface area is 136 Å². The first-order valence-corrected chi connectivity index (χ1v) is 7.08. The number of hydrogen-bond donors (Lipinski definition) is 3. The predicted octanol–water partition coefficient (Wildman–Crippen LogP) is 1.75. The number of carbonyl (C=O) groups is 2. The molecule has 0 fully saturated rings. The Kier molecular flexibility index (Phi) is 4.28. The summed E-state index contributed by atoms with van der Waals surface area (Å²) in [6.07, 6.45) is -0.0498. The van der Waals surface area contributed by atoms with Gasteiger partial charge in [-0.1, -0.05) is 24.3 Å². The predicted molar refractivity (Wildman–Crippen MR) is 85.3 cm³/mol. The molecule has 0 unspecified atom stereocenters. The molecule has 120 valence electrons. The fourth-order valence-corrected chi connectivity index (χ4v) is 2.14. The quantitative estimate of drug-likeness (QED) is 0.657. The van der Waals surface area contributed by atoms with Gasteiger partial charge in [-0.3, -0.25) is 9.59 Å². The van der Waals surface area contributed by atoms with Crippen LogP contribution in [-0.4, -0.2) is 37.6 Å². The van der Waals surface area contributed by atoms with Crippen molar-refractivity contribution in [2.24, 2.45) is 0 Å². The molecular weight excluding hydrogens is 310 g/mol. The maximum absolute atomic E-state index is 12.2. The Morgan fingerprint density at radius 3 is 2.33 bits per heavy atom. The van der Waals surface area contributed by atoms with Crippen LogP contribution in [0.1, 0.15) is 15.9 Å². The first-order chi connectivity index (χ1) is 11.6. The summed E-state index contributed by atoms with van der Waals surface area (Å²) in [4.78, 5) is 22.9. The molecule has 0 atom stereocenters. The van der Waals surface area contributed by atoms with Crippen molar-refractivity contribution in [1.82, 2.24) is 20.6 Å². The summed E-state index contributed by atoms with van der Waals surface area (Å²) in [5.74, 6) is -0.704. The molecule has 2 aromatic carbocycles. The van der Waals surface area contributed by atoms with E-state index in [1.165, 1.54) is 0 Å². The van der Waals surface area contributed by atoms with E-state index in [4.69, 9.17) is 5.11 Å². The van der Waals surface area contributed by atoms with Crippen molar-refractivity contribution in [2.45, 2.75) is 6.42 Å². The minimum atomic E-state index is -0.895. The van der Waals surface area contributed by atoms with E-state index >= 15 is 0 Å². The third kappa shape index (κ3) is 3.61. The van der Waals surface area contributed by atoms with Gasteiger partial charge in [-0.15, -0.1) is 10.2 Å². The summed E-state index contributed by atoms with van der Waals surface area (Å²) in [6.45, 7) is 0. The maximum atomic E-state index is 12.2. The topological polar surface area (TPSA) is 121 Å². The van der Waals surface area contributed by atoms with Crippen molar-refractivity contribution in [2.75, 3.05) is 5.32 Å². The van der Waals surface area contributed by atoms with E-state index in [1.54, 1.807) is 48.5 Å². The lowest BCUT2D eigenvalue weighted by Crippen LogP contribution is -2.11. The van der Waals surface area contributed by atoms with E-state index in [1.807, 2.05) is 0 Å². The van der Waals surface area contributed by atoms with Crippen molar-refractivity contribution in [3.63, 3.8) is 0 Å². The number of hydrogen-bond acceptors (Lipinski definition) is 5. The molecule has 1 amide bonds. The second-order valence-corrected chi connectivity index (χ2v) is 5.03. The van der Waals surface area contributed by atoms with Gasteiger partial charge in [-0.05, 0) is 35.0 Å². The molecule has 0 aliphatic carbocycles. The van der Waals surface area contributed by atoms with Crippen LogP contribution >= 0.6 is 0 Å². The molecule has 1 aromatic heterocycles. The van der Waals surface area contributed by atoms with Crippen LogP contribution in [-0.2, 0) is 11.2 Å². The van der Waals surface area contributed by atoms with Gasteiger partial charge in [0.05, 0.1) is 6.42 Å². The van der Waals surface area contributed by atoms with Crippen molar-refractivity contribution < 1.29 is 14.7 Å². The van der Waals surface area contributed by atoms with E-state index in [0.29, 0.717) is 22.6 Å². The fourth-order valence-electron chi connectivity index (χ4n) is 2.14. The average molecular weight is 323 g/mol. The zero-order valence-electron chi connectivity index (χ0n) is 12.4. The lowest BCUT2D eigenvalue weighted by molar-refractivity contribution is -0.136. The van der Waals surface area contributed by atoms with Gasteiger partial charge in [0, 0.05) is 16.8 Å². The first kappa shape index (κ1) is 15.3. The number of aliphatic carboxylic acids is 1. The minimum Gasteiger partial charge on any atom is -0.481 e. The number of aromatic amines is 1. The fraction of sp³-hybridized carbons (Fsp3) is 0.0625. The molecule has 8 nitrogen and oxygen atoms in total. The first-order valence-electron chi connectivity index (χ1n) is 7.08. The summed E-state index contributed by atoms with van der Waals surface area (Å²) >= 11 is 0. The number of aromatic nitrogens is 4. The number of benzene rings is 2. The number of nitrogens with one attached hydrogen (secondary N) is 2. The third-order valence-electron chi connectivity index (χ3n) is 3.32. The molecule has 0 radical (unpaired) electrons. The zero-order chi connectivity index (χ0) is 16.9. The number of nitrogens with zero attached hydrogens (tertiary/aromatic N) is 3. The number of H-pyrrole nitrogens is 1. The van der Waals surface area contributed by atoms with Crippen LogP contribution in [0, 0.1) is 0 Å². The molecule has 0 saturated carbocycles. The lowest BCUT2D eigenvalue weighted by atomic mass is 10.1. The molecular formula is C16H13N5O3. The van der Waals surface area contributed by atoms with Gasteiger partial charge >= 0.3 is 5.97 Å². The van der Waals surface area contributed by atoms with Crippen molar-refractivity contribution >= 4 is 17.6 Å². The van der Waals surface area contributed by atoms with E-state index < -0.39 is 5.97 Å². The maximum Gasteiger partial charge on any atom is 0.307 e. The summed E-state index contributed by atoms with van der Waals surface area (Å²) in [6, 6.07) is 13.5. The number of anilines is 1. The van der Waals surface area contributed by atoms with Crippen LogP contribution in [0.4, 0.5) is 5.69 Å². The van der Waals surface area contributed by atoms with Crippen LogP contribution in [0.2, 0.25) is 0 Å². The highest BCUT2D eigenvalue weighted by Crippen LogP contribution is 2.16. The molecule has 0 spiro atoms. The highest BCUT2D eigenvalue weighted by Gasteiger charge is 2.08. The molecule has 3 rings (SSSR count). The highest BCUT2D eigenvalue weighted by atomic mass is 16.4. The van der Waals surface area contributed by atoms with Crippen molar-refractivity contribution in [3.8, 4) is 11.4 Å². The number of carboxylic acids is 1. The SMILES string of the molecule is O=C(O)Cc1ccc(NC(=O)c2ccc(-c3nn[nH]n3)cc2)cc1. The number of rotatable bonds is 5. The Balaban J connectivity index is 1.67. The zero-order valence-corrected chi connectivity index (χ0v) is 12.4. The molecule has 0 saturated heterocycles. The van der Waals surface area contributed by atoms with E-state index in [-0.39, 0.29) is 12.3 Å². The summed E-state index contributed by atoms with van der Waals surface area (Å²) < 4.78 is 0. The molecule has 0 aliphatic heterocycles. The Morgan fingerprint density at radius 2 is 1.75 bits per heavy atom. The smallest absolute Gasteiger partial charge is 0.307 e. The van der Waals surface area contributed by atoms with Crippen molar-refractivity contribution in [3.05, 3.63) is 59.7 Å². The Hall–Kier alpha value is -3.55. The standard InChI is InChI=1S/C16H13N5O3/c22-14(23)9-10-1-7-13(8-2-10)17-16(24)12-5-3-11(4-6-12)15-18-20-21-19-15/h1-8H,9H2,(H,17,24)(H,22,23)(H,18,19,20,21). The largest absolute Gasteiger partial charge is 0.481 e. The van der Waals surface area contributed by atoms with Gasteiger partial charge in [0.15, 0.2) is 0 Å². The number of tetrazole rings is 1. The molecule has 1 heterocycles. The van der Waals surface area contributed by atoms with Crippen LogP contribution in [0.5, 0.6) is 0 Å². The third-order valence-corrected chi connectivity index (χ3v) is 3.32. The molecule has 0 bridgehead atoms. The molecule has 0 aliphatic rings. The van der Waals surface area contributed by atoms with E-state index in [2.05, 4.69) is 25.9 Å². The van der Waals surface area contributed by atoms with Gasteiger partial charge in [-0.2, -0.15) is 5.21 Å². The number of amides is 1. The second kappa shape index (κ2) is 6.69. The Morgan fingerprint density at radius 1 is 1.04 bits per heavy atom. The van der Waals surface area contributed by atoms with Crippen LogP contribution in [0.25, 0.3) is 11.4 Å². The van der Waals surface area contributed by atoms with Gasteiger partial charge in [-0.25, -0.2) is 0 Å². The van der Waals surface area contributed by atoms with Crippen LogP contribution < -0.4 is 5.32 Å². The van der Waals surface area contributed by atoms with Gasteiger partial charge in [0.1, 0.15) is 0 Å². The van der Waals surface area contributed by atoms with Gasteiger partial charge in [0.25, 0.3) is 5.91 Å². The summed E-state index contributed by atoms with van der Waals surface area (Å²) in [5.41, 5.74) is 2.50. The highest BCUT2D eigenvalue weighted by molar-refractivity contribution is 6.04. The van der Waals surface area contributed by atoms with Crippen molar-refractivity contribution in [1.29, 1.82) is 0 Å². The van der Waals surface area contributed by atoms with Gasteiger partial charge in [0.2, 0.25) is 5.82 Å². The number of carbonyl (C=O) groups excluding carboxylic acids is 1. The molecule has 24 heavy (non-hydrogen) atoms. The molecule has 8 heteroatoms.